The van der Waals surface area contributed by atoms with Crippen LogP contribution in [-0.4, -0.2) is 16.7 Å². The monoisotopic (exact) mass is 263 g/mol. The van der Waals surface area contributed by atoms with Gasteiger partial charge in [0.15, 0.2) is 0 Å². The van der Waals surface area contributed by atoms with E-state index in [9.17, 15) is 0 Å². The molecule has 0 aliphatic heterocycles. The molecule has 1 N–H and O–H groups in total. The third-order valence-electron chi connectivity index (χ3n) is 1.64. The van der Waals surface area contributed by atoms with Gasteiger partial charge < -0.3 is 5.11 Å². The van der Waals surface area contributed by atoms with Crippen LogP contribution in [-0.2, 0) is 11.8 Å². The standard InChI is InChI=1S/C9H14BrNOS/c1-9(2,3)7-8(10)11-6(13-7)4-5-12/h12H,4-5H2,1-3H3. The van der Waals surface area contributed by atoms with Gasteiger partial charge in [-0.3, -0.25) is 0 Å². The predicted octanol–water partition coefficient (Wildman–Crippen LogP) is 2.74. The van der Waals surface area contributed by atoms with Crippen molar-refractivity contribution in [3.8, 4) is 0 Å². The molecule has 4 heteroatoms. The highest BCUT2D eigenvalue weighted by Gasteiger charge is 2.21. The smallest absolute Gasteiger partial charge is 0.121 e. The van der Waals surface area contributed by atoms with E-state index in [-0.39, 0.29) is 12.0 Å². The van der Waals surface area contributed by atoms with Gasteiger partial charge in [-0.1, -0.05) is 20.8 Å². The molecule has 0 fully saturated rings. The first-order valence-electron chi connectivity index (χ1n) is 4.21. The van der Waals surface area contributed by atoms with E-state index in [0.717, 1.165) is 9.61 Å². The van der Waals surface area contributed by atoms with Crippen molar-refractivity contribution in [2.45, 2.75) is 32.6 Å². The van der Waals surface area contributed by atoms with Crippen LogP contribution in [0.25, 0.3) is 0 Å². The minimum Gasteiger partial charge on any atom is -0.396 e. The molecule has 0 aromatic carbocycles. The lowest BCUT2D eigenvalue weighted by Crippen LogP contribution is -2.09. The SMILES string of the molecule is CC(C)(C)c1sc(CCO)nc1Br. The maximum absolute atomic E-state index is 8.77. The lowest BCUT2D eigenvalue weighted by atomic mass is 9.96. The Morgan fingerprint density at radius 1 is 1.46 bits per heavy atom. The van der Waals surface area contributed by atoms with E-state index in [1.165, 1.54) is 4.88 Å². The summed E-state index contributed by atoms with van der Waals surface area (Å²) < 4.78 is 0.924. The molecule has 1 aromatic heterocycles. The van der Waals surface area contributed by atoms with Crippen LogP contribution in [0.3, 0.4) is 0 Å². The summed E-state index contributed by atoms with van der Waals surface area (Å²) in [4.78, 5) is 5.59. The Hall–Kier alpha value is 0.0700. The van der Waals surface area contributed by atoms with E-state index in [0.29, 0.717) is 6.42 Å². The number of nitrogens with zero attached hydrogens (tertiary/aromatic N) is 1. The molecule has 0 saturated heterocycles. The van der Waals surface area contributed by atoms with Crippen LogP contribution in [0.4, 0.5) is 0 Å². The average Bonchev–Trinajstić information content (AvgIpc) is 2.30. The fourth-order valence-corrected chi connectivity index (χ4v) is 3.18. The molecular formula is C9H14BrNOS. The van der Waals surface area contributed by atoms with E-state index < -0.39 is 0 Å². The number of aliphatic hydroxyl groups excluding tert-OH is 1. The molecule has 2 nitrogen and oxygen atoms in total. The van der Waals surface area contributed by atoms with Crippen molar-refractivity contribution < 1.29 is 5.11 Å². The topological polar surface area (TPSA) is 33.1 Å². The molecule has 1 rings (SSSR count). The largest absolute Gasteiger partial charge is 0.396 e. The summed E-state index contributed by atoms with van der Waals surface area (Å²) in [6.07, 6.45) is 0.652. The second kappa shape index (κ2) is 4.07. The highest BCUT2D eigenvalue weighted by Crippen LogP contribution is 2.34. The van der Waals surface area contributed by atoms with Gasteiger partial charge in [-0.15, -0.1) is 11.3 Å². The quantitative estimate of drug-likeness (QED) is 0.891. The average molecular weight is 264 g/mol. The summed E-state index contributed by atoms with van der Waals surface area (Å²) >= 11 is 5.11. The van der Waals surface area contributed by atoms with Crippen molar-refractivity contribution >= 4 is 27.3 Å². The van der Waals surface area contributed by atoms with E-state index >= 15 is 0 Å². The maximum Gasteiger partial charge on any atom is 0.121 e. The summed E-state index contributed by atoms with van der Waals surface area (Å²) in [5, 5.41) is 9.77. The Morgan fingerprint density at radius 3 is 2.46 bits per heavy atom. The zero-order valence-corrected chi connectivity index (χ0v) is 10.5. The number of hydrogen-bond donors (Lipinski definition) is 1. The first kappa shape index (κ1) is 11.1. The zero-order chi connectivity index (χ0) is 10.1. The van der Waals surface area contributed by atoms with Gasteiger partial charge in [0.1, 0.15) is 4.60 Å². The van der Waals surface area contributed by atoms with Crippen molar-refractivity contribution in [3.63, 3.8) is 0 Å². The van der Waals surface area contributed by atoms with Gasteiger partial charge in [-0.2, -0.15) is 0 Å². The molecule has 0 spiro atoms. The van der Waals surface area contributed by atoms with Crippen molar-refractivity contribution in [3.05, 3.63) is 14.5 Å². The van der Waals surface area contributed by atoms with Gasteiger partial charge in [-0.05, 0) is 21.3 Å². The van der Waals surface area contributed by atoms with E-state index in [2.05, 4.69) is 41.7 Å². The lowest BCUT2D eigenvalue weighted by molar-refractivity contribution is 0.299. The fourth-order valence-electron chi connectivity index (χ4n) is 1.01. The number of aliphatic hydroxyl groups is 1. The van der Waals surface area contributed by atoms with Gasteiger partial charge in [-0.25, -0.2) is 4.98 Å². The van der Waals surface area contributed by atoms with Crippen LogP contribution in [0.1, 0.15) is 30.7 Å². The minimum atomic E-state index is 0.129. The summed E-state index contributed by atoms with van der Waals surface area (Å²) in [5.74, 6) is 0. The molecule has 13 heavy (non-hydrogen) atoms. The second-order valence-electron chi connectivity index (χ2n) is 3.95. The predicted molar refractivity (Wildman–Crippen MR) is 59.3 cm³/mol. The first-order chi connectivity index (χ1) is 5.95. The van der Waals surface area contributed by atoms with E-state index in [1.54, 1.807) is 11.3 Å². The Balaban J connectivity index is 2.96. The molecule has 0 radical (unpaired) electrons. The number of hydrogen-bond acceptors (Lipinski definition) is 3. The van der Waals surface area contributed by atoms with Gasteiger partial charge in [0.25, 0.3) is 0 Å². The highest BCUT2D eigenvalue weighted by molar-refractivity contribution is 9.10. The number of thiazole rings is 1. The van der Waals surface area contributed by atoms with E-state index in [4.69, 9.17) is 5.11 Å². The first-order valence-corrected chi connectivity index (χ1v) is 5.82. The van der Waals surface area contributed by atoms with Gasteiger partial charge in [0, 0.05) is 17.9 Å². The number of rotatable bonds is 2. The van der Waals surface area contributed by atoms with Crippen LogP contribution < -0.4 is 0 Å². The molecule has 0 aliphatic rings. The maximum atomic E-state index is 8.77. The van der Waals surface area contributed by atoms with Crippen molar-refractivity contribution in [2.24, 2.45) is 0 Å². The van der Waals surface area contributed by atoms with Crippen LogP contribution in [0.2, 0.25) is 0 Å². The Labute approximate surface area is 91.1 Å². The molecule has 1 aromatic rings. The molecule has 0 atom stereocenters. The normalized spacial score (nSPS) is 12.1. The summed E-state index contributed by atoms with van der Waals surface area (Å²) in [6.45, 7) is 6.65. The Bertz CT molecular complexity index is 290. The molecule has 0 bridgehead atoms. The number of halogens is 1. The minimum absolute atomic E-state index is 0.129. The summed E-state index contributed by atoms with van der Waals surface area (Å²) in [7, 11) is 0. The van der Waals surface area contributed by atoms with Gasteiger partial charge in [0.2, 0.25) is 0 Å². The fraction of sp³-hybridized carbons (Fsp3) is 0.667. The second-order valence-corrected chi connectivity index (χ2v) is 5.79. The highest BCUT2D eigenvalue weighted by atomic mass is 79.9. The Kier molecular flexibility index (Phi) is 3.49. The number of aromatic nitrogens is 1. The molecule has 0 saturated carbocycles. The van der Waals surface area contributed by atoms with E-state index in [1.807, 2.05) is 0 Å². The van der Waals surface area contributed by atoms with Crippen molar-refractivity contribution in [1.29, 1.82) is 0 Å². The van der Waals surface area contributed by atoms with Crippen LogP contribution in [0.5, 0.6) is 0 Å². The summed E-state index contributed by atoms with van der Waals surface area (Å²) in [5.41, 5.74) is 0.129. The Morgan fingerprint density at radius 2 is 2.08 bits per heavy atom. The third kappa shape index (κ3) is 2.76. The van der Waals surface area contributed by atoms with Gasteiger partial charge >= 0.3 is 0 Å². The van der Waals surface area contributed by atoms with Crippen molar-refractivity contribution in [2.75, 3.05) is 6.61 Å². The van der Waals surface area contributed by atoms with Crippen LogP contribution in [0.15, 0.2) is 4.60 Å². The lowest BCUT2D eigenvalue weighted by Gasteiger charge is -2.15. The van der Waals surface area contributed by atoms with Crippen molar-refractivity contribution in [1.82, 2.24) is 4.98 Å². The molecule has 0 aliphatic carbocycles. The summed E-state index contributed by atoms with van der Waals surface area (Å²) in [6, 6.07) is 0. The van der Waals surface area contributed by atoms with Gasteiger partial charge in [0.05, 0.1) is 5.01 Å². The zero-order valence-electron chi connectivity index (χ0n) is 8.09. The molecule has 0 amide bonds. The van der Waals surface area contributed by atoms with Crippen LogP contribution >= 0.6 is 27.3 Å². The molecule has 1 heterocycles. The molecule has 0 unspecified atom stereocenters. The van der Waals surface area contributed by atoms with Crippen LogP contribution in [0, 0.1) is 0 Å². The molecular weight excluding hydrogens is 250 g/mol. The molecule has 74 valence electrons. The third-order valence-corrected chi connectivity index (χ3v) is 4.01.